The monoisotopic (exact) mass is 520 g/mol. The van der Waals surface area contributed by atoms with Crippen molar-refractivity contribution in [2.24, 2.45) is 0 Å². The highest BCUT2D eigenvalue weighted by molar-refractivity contribution is 7.92. The van der Waals surface area contributed by atoms with E-state index >= 15 is 0 Å². The van der Waals surface area contributed by atoms with Gasteiger partial charge in [0.05, 0.1) is 34.2 Å². The molecule has 0 aliphatic rings. The van der Waals surface area contributed by atoms with Gasteiger partial charge in [-0.1, -0.05) is 12.1 Å². The molecule has 0 saturated heterocycles. The Kier molecular flexibility index (Phi) is 7.53. The number of carbonyl (C=O) groups excluding carboxylic acids is 1. The predicted molar refractivity (Wildman–Crippen MR) is 119 cm³/mol. The fourth-order valence-electron chi connectivity index (χ4n) is 2.78. The molecular formula is C19H19F3N4O4S3. The minimum absolute atomic E-state index is 0.178. The molecule has 0 bridgehead atoms. The van der Waals surface area contributed by atoms with Crippen LogP contribution >= 0.6 is 22.7 Å². The molecule has 178 valence electrons. The Balaban J connectivity index is 1.69. The lowest BCUT2D eigenvalue weighted by Crippen LogP contribution is -2.23. The van der Waals surface area contributed by atoms with E-state index in [1.807, 2.05) is 19.0 Å². The van der Waals surface area contributed by atoms with Crippen LogP contribution in [0.25, 0.3) is 10.6 Å². The van der Waals surface area contributed by atoms with E-state index in [0.717, 1.165) is 34.8 Å². The number of benzene rings is 1. The molecule has 1 amide bonds. The molecule has 0 aliphatic carbocycles. The van der Waals surface area contributed by atoms with Crippen molar-refractivity contribution >= 4 is 43.5 Å². The van der Waals surface area contributed by atoms with Crippen LogP contribution in [0.1, 0.15) is 16.3 Å². The van der Waals surface area contributed by atoms with Gasteiger partial charge in [-0.3, -0.25) is 4.79 Å². The van der Waals surface area contributed by atoms with Crippen molar-refractivity contribution in [3.8, 4) is 10.6 Å². The van der Waals surface area contributed by atoms with Gasteiger partial charge in [-0.2, -0.15) is 13.2 Å². The third-order valence-corrected chi connectivity index (χ3v) is 7.59. The van der Waals surface area contributed by atoms with Gasteiger partial charge < -0.3 is 15.3 Å². The van der Waals surface area contributed by atoms with Crippen LogP contribution in [-0.2, 0) is 34.2 Å². The summed E-state index contributed by atoms with van der Waals surface area (Å²) in [4.78, 5) is 23.0. The van der Waals surface area contributed by atoms with E-state index in [2.05, 4.69) is 15.3 Å². The average molecular weight is 521 g/mol. The molecule has 3 rings (SSSR count). The van der Waals surface area contributed by atoms with Crippen LogP contribution < -0.4 is 5.32 Å². The summed E-state index contributed by atoms with van der Waals surface area (Å²) in [5.41, 5.74) is -3.69. The molecule has 2 N–H and O–H groups in total. The SMILES string of the molecule is CN(C)Cc1nc(CO)sc1-c1csc(NC(=O)Cc2ccc(S(=O)(=O)C(F)(F)F)cc2)n1. The van der Waals surface area contributed by atoms with Gasteiger partial charge in [0.25, 0.3) is 9.84 Å². The smallest absolute Gasteiger partial charge is 0.389 e. The Morgan fingerprint density at radius 2 is 1.85 bits per heavy atom. The van der Waals surface area contributed by atoms with Crippen LogP contribution in [0.5, 0.6) is 0 Å². The highest BCUT2D eigenvalue weighted by Gasteiger charge is 2.46. The van der Waals surface area contributed by atoms with Gasteiger partial charge in [0, 0.05) is 11.9 Å². The maximum atomic E-state index is 12.6. The second-order valence-corrected chi connectivity index (χ2v) is 11.0. The first-order valence-corrected chi connectivity index (χ1v) is 12.5. The van der Waals surface area contributed by atoms with Gasteiger partial charge in [0.1, 0.15) is 5.01 Å². The molecule has 3 aromatic rings. The summed E-state index contributed by atoms with van der Waals surface area (Å²) in [5, 5.41) is 14.6. The van der Waals surface area contributed by atoms with E-state index in [0.29, 0.717) is 27.9 Å². The van der Waals surface area contributed by atoms with Crippen LogP contribution in [0, 0.1) is 0 Å². The van der Waals surface area contributed by atoms with Gasteiger partial charge in [0.2, 0.25) is 5.91 Å². The summed E-state index contributed by atoms with van der Waals surface area (Å²) >= 11 is 2.50. The first-order chi connectivity index (χ1) is 15.4. The first-order valence-electron chi connectivity index (χ1n) is 9.31. The highest BCUT2D eigenvalue weighted by atomic mass is 32.2. The molecule has 0 atom stereocenters. The summed E-state index contributed by atoms with van der Waals surface area (Å²) in [6.45, 7) is 0.354. The van der Waals surface area contributed by atoms with Crippen LogP contribution in [0.15, 0.2) is 34.5 Å². The fourth-order valence-corrected chi connectivity index (χ4v) is 5.23. The van der Waals surface area contributed by atoms with Gasteiger partial charge >= 0.3 is 5.51 Å². The zero-order valence-corrected chi connectivity index (χ0v) is 19.8. The third kappa shape index (κ3) is 5.95. The third-order valence-electron chi connectivity index (χ3n) is 4.23. The van der Waals surface area contributed by atoms with Crippen molar-refractivity contribution in [3.63, 3.8) is 0 Å². The Morgan fingerprint density at radius 3 is 2.42 bits per heavy atom. The Hall–Kier alpha value is -2.39. The zero-order valence-electron chi connectivity index (χ0n) is 17.4. The number of rotatable bonds is 8. The number of aliphatic hydroxyl groups excluding tert-OH is 1. The molecule has 0 unspecified atom stereocenters. The second-order valence-electron chi connectivity index (χ2n) is 7.14. The lowest BCUT2D eigenvalue weighted by Gasteiger charge is -2.08. The number of halogens is 3. The topological polar surface area (TPSA) is 112 Å². The minimum Gasteiger partial charge on any atom is -0.389 e. The number of nitrogens with zero attached hydrogens (tertiary/aromatic N) is 3. The van der Waals surface area contributed by atoms with Gasteiger partial charge in [0.15, 0.2) is 5.13 Å². The van der Waals surface area contributed by atoms with Crippen LogP contribution in [0.2, 0.25) is 0 Å². The summed E-state index contributed by atoms with van der Waals surface area (Å²) < 4.78 is 60.7. The normalized spacial score (nSPS) is 12.3. The van der Waals surface area contributed by atoms with Gasteiger partial charge in [-0.05, 0) is 31.8 Å². The second kappa shape index (κ2) is 9.85. The molecule has 2 aromatic heterocycles. The fraction of sp³-hybridized carbons (Fsp3) is 0.316. The number of hydrogen-bond donors (Lipinski definition) is 2. The van der Waals surface area contributed by atoms with Gasteiger partial charge in [-0.25, -0.2) is 18.4 Å². The van der Waals surface area contributed by atoms with Crippen molar-refractivity contribution in [2.45, 2.75) is 30.0 Å². The van der Waals surface area contributed by atoms with Crippen molar-refractivity contribution in [1.82, 2.24) is 14.9 Å². The quantitative estimate of drug-likeness (QED) is 0.469. The van der Waals surface area contributed by atoms with Gasteiger partial charge in [-0.15, -0.1) is 22.7 Å². The number of thiazole rings is 2. The zero-order chi connectivity index (χ0) is 24.4. The van der Waals surface area contributed by atoms with E-state index in [9.17, 15) is 31.5 Å². The standard InChI is InChI=1S/C19H19F3N4O4S3/c1-26(2)8-13-17(32-16(9-27)23-13)14-10-31-18(24-14)25-15(28)7-11-3-5-12(6-4-11)33(29,30)19(20,21)22/h3-6,10,27H,7-9H2,1-2H3,(H,24,25,28). The molecule has 0 saturated carbocycles. The first kappa shape index (κ1) is 25.2. The number of carbonyl (C=O) groups is 1. The van der Waals surface area contributed by atoms with Crippen molar-refractivity contribution in [3.05, 3.63) is 45.9 Å². The number of alkyl halides is 3. The number of sulfone groups is 1. The predicted octanol–water partition coefficient (Wildman–Crippen LogP) is 3.30. The maximum Gasteiger partial charge on any atom is 0.501 e. The van der Waals surface area contributed by atoms with Crippen LogP contribution in [0.4, 0.5) is 18.3 Å². The lowest BCUT2D eigenvalue weighted by atomic mass is 10.1. The molecule has 8 nitrogen and oxygen atoms in total. The van der Waals surface area contributed by atoms with Crippen LogP contribution in [0.3, 0.4) is 0 Å². The molecule has 0 radical (unpaired) electrons. The molecule has 33 heavy (non-hydrogen) atoms. The number of hydrogen-bond acceptors (Lipinski definition) is 9. The van der Waals surface area contributed by atoms with E-state index in [1.54, 1.807) is 5.38 Å². The largest absolute Gasteiger partial charge is 0.501 e. The number of aromatic nitrogens is 2. The van der Waals surface area contributed by atoms with Crippen molar-refractivity contribution in [2.75, 3.05) is 19.4 Å². The average Bonchev–Trinajstić information content (AvgIpc) is 3.33. The maximum absolute atomic E-state index is 12.6. The molecule has 0 aliphatic heterocycles. The Morgan fingerprint density at radius 1 is 1.18 bits per heavy atom. The molecule has 0 spiro atoms. The summed E-state index contributed by atoms with van der Waals surface area (Å²) in [6.07, 6.45) is -0.178. The molecule has 0 fully saturated rings. The molecular weight excluding hydrogens is 501 g/mol. The summed E-state index contributed by atoms with van der Waals surface area (Å²) in [5.74, 6) is -0.462. The Labute approximate surface area is 195 Å². The van der Waals surface area contributed by atoms with Crippen LogP contribution in [-0.4, -0.2) is 53.9 Å². The van der Waals surface area contributed by atoms with E-state index in [-0.39, 0.29) is 13.0 Å². The van der Waals surface area contributed by atoms with Crippen molar-refractivity contribution < 1.29 is 31.5 Å². The summed E-state index contributed by atoms with van der Waals surface area (Å²) in [7, 11) is -1.66. The van der Waals surface area contributed by atoms with E-state index in [1.165, 1.54) is 22.7 Å². The number of anilines is 1. The number of amides is 1. The molecule has 14 heteroatoms. The van der Waals surface area contributed by atoms with E-state index in [4.69, 9.17) is 0 Å². The number of nitrogens with one attached hydrogen (secondary N) is 1. The van der Waals surface area contributed by atoms with E-state index < -0.39 is 26.1 Å². The Bertz CT molecular complexity index is 1240. The highest BCUT2D eigenvalue weighted by Crippen LogP contribution is 2.33. The minimum atomic E-state index is -5.44. The number of aliphatic hydroxyl groups is 1. The molecule has 1 aromatic carbocycles. The van der Waals surface area contributed by atoms with Crippen molar-refractivity contribution in [1.29, 1.82) is 0 Å². The summed E-state index contributed by atoms with van der Waals surface area (Å²) in [6, 6.07) is 3.96. The lowest BCUT2D eigenvalue weighted by molar-refractivity contribution is -0.115. The molecule has 2 heterocycles.